The molecule has 34 heavy (non-hydrogen) atoms. The number of anilines is 5. The van der Waals surface area contributed by atoms with Crippen molar-refractivity contribution in [3.05, 3.63) is 65.9 Å². The molecule has 0 atom stereocenters. The highest BCUT2D eigenvalue weighted by atomic mass is 19.4. The molecule has 1 aromatic heterocycles. The smallest absolute Gasteiger partial charge is 0.371 e. The molecule has 2 N–H and O–H groups in total. The fourth-order valence-corrected chi connectivity index (χ4v) is 3.63. The number of hydrogen-bond acceptors (Lipinski definition) is 6. The Morgan fingerprint density at radius 2 is 1.71 bits per heavy atom. The molecule has 178 valence electrons. The summed E-state index contributed by atoms with van der Waals surface area (Å²) in [5, 5.41) is 14.9. The van der Waals surface area contributed by atoms with Gasteiger partial charge in [-0.3, -0.25) is 0 Å². The van der Waals surface area contributed by atoms with Crippen LogP contribution in [0.2, 0.25) is 0 Å². The van der Waals surface area contributed by atoms with Gasteiger partial charge in [-0.15, -0.1) is 0 Å². The van der Waals surface area contributed by atoms with Crippen molar-refractivity contribution in [2.24, 2.45) is 0 Å². The highest BCUT2D eigenvalue weighted by Gasteiger charge is 2.35. The summed E-state index contributed by atoms with van der Waals surface area (Å²) in [4.78, 5) is 10.3. The summed E-state index contributed by atoms with van der Waals surface area (Å²) >= 11 is 0. The second-order valence-electron chi connectivity index (χ2n) is 7.77. The number of nitrogens with zero attached hydrogens (tertiary/aromatic N) is 4. The summed E-state index contributed by atoms with van der Waals surface area (Å²) in [5.74, 6) is 0.634. The van der Waals surface area contributed by atoms with E-state index in [1.54, 1.807) is 17.0 Å². The van der Waals surface area contributed by atoms with E-state index < -0.39 is 11.7 Å². The molecule has 0 bridgehead atoms. The highest BCUT2D eigenvalue weighted by molar-refractivity contribution is 5.66. The molecular weight excluding hydrogens is 441 g/mol. The second-order valence-corrected chi connectivity index (χ2v) is 7.77. The summed E-state index contributed by atoms with van der Waals surface area (Å²) in [6, 6.07) is 15.3. The molecule has 3 rings (SSSR count). The first kappa shape index (κ1) is 24.8. The molecule has 0 saturated heterocycles. The van der Waals surface area contributed by atoms with Crippen molar-refractivity contribution in [2.75, 3.05) is 28.6 Å². The third-order valence-corrected chi connectivity index (χ3v) is 5.02. The topological polar surface area (TPSA) is 76.9 Å². The van der Waals surface area contributed by atoms with E-state index in [0.717, 1.165) is 30.2 Å². The minimum atomic E-state index is -4.49. The van der Waals surface area contributed by atoms with Crippen LogP contribution in [0.25, 0.3) is 0 Å². The number of hydrogen-bond donors (Lipinski definition) is 2. The Hall–Kier alpha value is -3.80. The van der Waals surface area contributed by atoms with Crippen molar-refractivity contribution in [2.45, 2.75) is 39.3 Å². The monoisotopic (exact) mass is 468 g/mol. The number of benzene rings is 2. The zero-order chi connectivity index (χ0) is 24.6. The van der Waals surface area contributed by atoms with Crippen molar-refractivity contribution in [3.63, 3.8) is 0 Å². The van der Waals surface area contributed by atoms with Gasteiger partial charge in [0.05, 0.1) is 18.1 Å². The molecule has 0 amide bonds. The number of alkyl halides is 3. The maximum atomic E-state index is 13.9. The fourth-order valence-electron chi connectivity index (χ4n) is 3.63. The van der Waals surface area contributed by atoms with Gasteiger partial charge in [-0.2, -0.15) is 23.4 Å². The van der Waals surface area contributed by atoms with Crippen LogP contribution in [0.3, 0.4) is 0 Å². The van der Waals surface area contributed by atoms with Gasteiger partial charge in [0.1, 0.15) is 5.82 Å². The van der Waals surface area contributed by atoms with Gasteiger partial charge in [0.25, 0.3) is 0 Å². The van der Waals surface area contributed by atoms with Gasteiger partial charge in [0.2, 0.25) is 5.95 Å². The Morgan fingerprint density at radius 3 is 2.38 bits per heavy atom. The van der Waals surface area contributed by atoms with Crippen LogP contribution < -0.4 is 15.5 Å². The van der Waals surface area contributed by atoms with E-state index in [4.69, 9.17) is 5.26 Å². The first-order chi connectivity index (χ1) is 16.3. The molecule has 9 heteroatoms. The average Bonchev–Trinajstić information content (AvgIpc) is 2.79. The minimum Gasteiger partial charge on any atom is -0.371 e. The van der Waals surface area contributed by atoms with E-state index in [2.05, 4.69) is 26.7 Å². The van der Waals surface area contributed by atoms with Gasteiger partial charge >= 0.3 is 6.18 Å². The van der Waals surface area contributed by atoms with Crippen LogP contribution in [0.15, 0.2) is 54.7 Å². The maximum absolute atomic E-state index is 13.9. The Kier molecular flexibility index (Phi) is 8.30. The lowest BCUT2D eigenvalue weighted by molar-refractivity contribution is -0.137. The molecule has 1 heterocycles. The van der Waals surface area contributed by atoms with Gasteiger partial charge < -0.3 is 15.5 Å². The number of nitriles is 1. The lowest BCUT2D eigenvalue weighted by Gasteiger charge is -2.27. The van der Waals surface area contributed by atoms with Crippen LogP contribution in [-0.2, 0) is 12.6 Å². The Bertz CT molecular complexity index is 1130. The number of nitrogens with one attached hydrogen (secondary N) is 2. The van der Waals surface area contributed by atoms with Crippen molar-refractivity contribution in [3.8, 4) is 6.07 Å². The Balaban J connectivity index is 1.84. The predicted octanol–water partition coefficient (Wildman–Crippen LogP) is 6.68. The number of halogens is 3. The standard InChI is InChI=1S/C25H27F3N6/c1-3-14-34(15-4-2)22-9-8-20(17-21(22)25(26,27)28)32-24-30-13-11-23(33-24)31-19-7-5-6-18(16-19)10-12-29/h5-9,11,13,16-17H,3-4,10,14-15H2,1-2H3,(H2,30,31,32,33). The quantitative estimate of drug-likeness (QED) is 0.346. The predicted molar refractivity (Wildman–Crippen MR) is 129 cm³/mol. The number of rotatable bonds is 10. The zero-order valence-corrected chi connectivity index (χ0v) is 19.2. The molecule has 2 aromatic carbocycles. The molecule has 0 fully saturated rings. The third kappa shape index (κ3) is 6.61. The lowest BCUT2D eigenvalue weighted by Crippen LogP contribution is -2.27. The number of aromatic nitrogens is 2. The van der Waals surface area contributed by atoms with Crippen LogP contribution in [0, 0.1) is 11.3 Å². The van der Waals surface area contributed by atoms with Crippen molar-refractivity contribution in [1.82, 2.24) is 9.97 Å². The largest absolute Gasteiger partial charge is 0.418 e. The van der Waals surface area contributed by atoms with Crippen molar-refractivity contribution >= 4 is 28.8 Å². The molecule has 0 unspecified atom stereocenters. The first-order valence-electron chi connectivity index (χ1n) is 11.1. The van der Waals surface area contributed by atoms with Crippen LogP contribution in [0.4, 0.5) is 42.0 Å². The fraction of sp³-hybridized carbons (Fsp3) is 0.320. The minimum absolute atomic E-state index is 0.165. The molecule has 6 nitrogen and oxygen atoms in total. The molecular formula is C25H27F3N6. The Morgan fingerprint density at radius 1 is 0.971 bits per heavy atom. The highest BCUT2D eigenvalue weighted by Crippen LogP contribution is 2.39. The summed E-state index contributed by atoms with van der Waals surface area (Å²) < 4.78 is 41.7. The molecule has 0 aliphatic carbocycles. The summed E-state index contributed by atoms with van der Waals surface area (Å²) in [7, 11) is 0. The molecule has 0 aliphatic heterocycles. The summed E-state index contributed by atoms with van der Waals surface area (Å²) in [6.07, 6.45) is -1.18. The van der Waals surface area contributed by atoms with Gasteiger partial charge in [0.15, 0.2) is 0 Å². The van der Waals surface area contributed by atoms with E-state index >= 15 is 0 Å². The summed E-state index contributed by atoms with van der Waals surface area (Å²) in [6.45, 7) is 5.00. The zero-order valence-electron chi connectivity index (χ0n) is 19.2. The maximum Gasteiger partial charge on any atom is 0.418 e. The second kappa shape index (κ2) is 11.4. The van der Waals surface area contributed by atoms with Gasteiger partial charge in [0, 0.05) is 36.3 Å². The van der Waals surface area contributed by atoms with Crippen molar-refractivity contribution in [1.29, 1.82) is 5.26 Å². The van der Waals surface area contributed by atoms with E-state index in [9.17, 15) is 13.2 Å². The first-order valence-corrected chi connectivity index (χ1v) is 11.1. The Labute approximate surface area is 197 Å². The molecule has 0 radical (unpaired) electrons. The molecule has 0 spiro atoms. The lowest BCUT2D eigenvalue weighted by atomic mass is 10.1. The van der Waals surface area contributed by atoms with Gasteiger partial charge in [-0.05, 0) is 54.8 Å². The average molecular weight is 469 g/mol. The summed E-state index contributed by atoms with van der Waals surface area (Å²) in [5.41, 5.74) is 1.34. The van der Waals surface area contributed by atoms with E-state index in [0.29, 0.717) is 18.9 Å². The van der Waals surface area contributed by atoms with Gasteiger partial charge in [-0.1, -0.05) is 26.0 Å². The third-order valence-electron chi connectivity index (χ3n) is 5.02. The van der Waals surface area contributed by atoms with Crippen LogP contribution in [0.1, 0.15) is 37.8 Å². The van der Waals surface area contributed by atoms with Crippen LogP contribution in [0.5, 0.6) is 0 Å². The van der Waals surface area contributed by atoms with Crippen molar-refractivity contribution < 1.29 is 13.2 Å². The van der Waals surface area contributed by atoms with Gasteiger partial charge in [-0.25, -0.2) is 4.98 Å². The molecule has 3 aromatic rings. The molecule has 0 aliphatic rings. The SMILES string of the molecule is CCCN(CCC)c1ccc(Nc2nccc(Nc3cccc(CC#N)c3)n2)cc1C(F)(F)F. The van der Waals surface area contributed by atoms with E-state index in [1.807, 2.05) is 38.1 Å². The van der Waals surface area contributed by atoms with Crippen LogP contribution >= 0.6 is 0 Å². The van der Waals surface area contributed by atoms with E-state index in [-0.39, 0.29) is 23.7 Å². The van der Waals surface area contributed by atoms with Crippen LogP contribution in [-0.4, -0.2) is 23.1 Å². The van der Waals surface area contributed by atoms with E-state index in [1.165, 1.54) is 12.3 Å². The molecule has 0 saturated carbocycles. The normalized spacial score (nSPS) is 11.1.